The zero-order valence-electron chi connectivity index (χ0n) is 9.31. The minimum absolute atomic E-state index is 0.0387. The van der Waals surface area contributed by atoms with E-state index in [0.717, 1.165) is 4.47 Å². The van der Waals surface area contributed by atoms with Crippen molar-refractivity contribution in [2.45, 2.75) is 13.3 Å². The largest absolute Gasteiger partial charge is 0.481 e. The van der Waals surface area contributed by atoms with Crippen LogP contribution in [0.25, 0.3) is 0 Å². The number of nitrogens with one attached hydrogen (secondary N) is 1. The van der Waals surface area contributed by atoms with E-state index < -0.39 is 5.97 Å². The Kier molecular flexibility index (Phi) is 5.09. The molecule has 0 radical (unpaired) electrons. The molecule has 0 bridgehead atoms. The number of halogens is 1. The van der Waals surface area contributed by atoms with Crippen LogP contribution in [-0.2, 0) is 4.79 Å². The van der Waals surface area contributed by atoms with Crippen LogP contribution in [0, 0.1) is 5.92 Å². The molecular weight excluding hydrogens is 288 g/mol. The third-order valence-electron chi connectivity index (χ3n) is 2.10. The Morgan fingerprint density at radius 1 is 1.53 bits per heavy atom. The molecule has 92 valence electrons. The van der Waals surface area contributed by atoms with E-state index in [2.05, 4.69) is 26.2 Å². The maximum atomic E-state index is 11.7. The van der Waals surface area contributed by atoms with E-state index in [1.165, 1.54) is 6.20 Å². The van der Waals surface area contributed by atoms with E-state index in [1.807, 2.05) is 0 Å². The van der Waals surface area contributed by atoms with Crippen molar-refractivity contribution in [3.8, 4) is 0 Å². The SMILES string of the molecule is CC(CNC(=O)c1cncc(Br)c1)CC(=O)O. The summed E-state index contributed by atoms with van der Waals surface area (Å²) in [4.78, 5) is 26.0. The molecule has 0 saturated carbocycles. The van der Waals surface area contributed by atoms with Crippen LogP contribution in [-0.4, -0.2) is 28.5 Å². The van der Waals surface area contributed by atoms with Crippen molar-refractivity contribution in [1.29, 1.82) is 0 Å². The van der Waals surface area contributed by atoms with E-state index >= 15 is 0 Å². The van der Waals surface area contributed by atoms with Gasteiger partial charge in [0.1, 0.15) is 0 Å². The molecule has 0 aliphatic heterocycles. The predicted molar refractivity (Wildman–Crippen MR) is 65.7 cm³/mol. The summed E-state index contributed by atoms with van der Waals surface area (Å²) in [6.07, 6.45) is 3.09. The third kappa shape index (κ3) is 4.95. The Morgan fingerprint density at radius 3 is 2.82 bits per heavy atom. The number of carboxylic acids is 1. The molecule has 0 fully saturated rings. The van der Waals surface area contributed by atoms with Gasteiger partial charge in [-0.05, 0) is 27.9 Å². The Bertz CT molecular complexity index is 423. The van der Waals surface area contributed by atoms with E-state index in [4.69, 9.17) is 5.11 Å². The van der Waals surface area contributed by atoms with Crippen molar-refractivity contribution in [1.82, 2.24) is 10.3 Å². The second-order valence-corrected chi connectivity index (χ2v) is 4.72. The Morgan fingerprint density at radius 2 is 2.24 bits per heavy atom. The number of hydrogen-bond acceptors (Lipinski definition) is 3. The molecule has 0 aliphatic rings. The van der Waals surface area contributed by atoms with Crippen molar-refractivity contribution in [3.63, 3.8) is 0 Å². The van der Waals surface area contributed by atoms with Crippen LogP contribution in [0.4, 0.5) is 0 Å². The van der Waals surface area contributed by atoms with Crippen molar-refractivity contribution in [3.05, 3.63) is 28.5 Å². The lowest BCUT2D eigenvalue weighted by molar-refractivity contribution is -0.137. The van der Waals surface area contributed by atoms with E-state index in [0.29, 0.717) is 12.1 Å². The molecule has 0 saturated heterocycles. The molecule has 1 heterocycles. The summed E-state index contributed by atoms with van der Waals surface area (Å²) in [6.45, 7) is 2.10. The Labute approximate surface area is 107 Å². The molecule has 2 N–H and O–H groups in total. The van der Waals surface area contributed by atoms with Gasteiger partial charge in [-0.2, -0.15) is 0 Å². The lowest BCUT2D eigenvalue weighted by atomic mass is 10.1. The molecule has 0 spiro atoms. The zero-order chi connectivity index (χ0) is 12.8. The Hall–Kier alpha value is -1.43. The molecule has 0 aromatic carbocycles. The van der Waals surface area contributed by atoms with Crippen LogP contribution in [0.3, 0.4) is 0 Å². The average Bonchev–Trinajstić information content (AvgIpc) is 2.25. The summed E-state index contributed by atoms with van der Waals surface area (Å²) < 4.78 is 0.726. The highest BCUT2D eigenvalue weighted by Gasteiger charge is 2.11. The number of carbonyl (C=O) groups excluding carboxylic acids is 1. The molecule has 1 aromatic rings. The Balaban J connectivity index is 2.47. The lowest BCUT2D eigenvalue weighted by Crippen LogP contribution is -2.29. The fourth-order valence-corrected chi connectivity index (χ4v) is 1.64. The van der Waals surface area contributed by atoms with Crippen LogP contribution in [0.15, 0.2) is 22.9 Å². The van der Waals surface area contributed by atoms with Gasteiger partial charge in [0.25, 0.3) is 5.91 Å². The van der Waals surface area contributed by atoms with Gasteiger partial charge in [0.15, 0.2) is 0 Å². The highest BCUT2D eigenvalue weighted by molar-refractivity contribution is 9.10. The molecule has 6 heteroatoms. The normalized spacial score (nSPS) is 11.9. The van der Waals surface area contributed by atoms with Gasteiger partial charge in [0, 0.05) is 29.8 Å². The number of rotatable bonds is 5. The van der Waals surface area contributed by atoms with Crippen LogP contribution in [0.5, 0.6) is 0 Å². The first kappa shape index (κ1) is 13.6. The quantitative estimate of drug-likeness (QED) is 0.867. The third-order valence-corrected chi connectivity index (χ3v) is 2.53. The fraction of sp³-hybridized carbons (Fsp3) is 0.364. The molecule has 1 rings (SSSR count). The van der Waals surface area contributed by atoms with Crippen molar-refractivity contribution in [2.24, 2.45) is 5.92 Å². The van der Waals surface area contributed by atoms with E-state index in [-0.39, 0.29) is 18.2 Å². The molecule has 0 aliphatic carbocycles. The topological polar surface area (TPSA) is 79.3 Å². The minimum Gasteiger partial charge on any atom is -0.481 e. The van der Waals surface area contributed by atoms with Gasteiger partial charge < -0.3 is 10.4 Å². The van der Waals surface area contributed by atoms with Crippen LogP contribution < -0.4 is 5.32 Å². The highest BCUT2D eigenvalue weighted by Crippen LogP contribution is 2.09. The number of aromatic nitrogens is 1. The standard InChI is InChI=1S/C11H13BrN2O3/c1-7(2-10(15)16)4-14-11(17)8-3-9(12)6-13-5-8/h3,5-7H,2,4H2,1H3,(H,14,17)(H,15,16). The first-order chi connectivity index (χ1) is 7.99. The second-order valence-electron chi connectivity index (χ2n) is 3.80. The number of aliphatic carboxylic acids is 1. The maximum absolute atomic E-state index is 11.7. The zero-order valence-corrected chi connectivity index (χ0v) is 10.9. The molecule has 1 unspecified atom stereocenters. The van der Waals surface area contributed by atoms with Crippen LogP contribution >= 0.6 is 15.9 Å². The monoisotopic (exact) mass is 300 g/mol. The van der Waals surface area contributed by atoms with Crippen molar-refractivity contribution < 1.29 is 14.7 Å². The molecular formula is C11H13BrN2O3. The molecule has 1 amide bonds. The highest BCUT2D eigenvalue weighted by atomic mass is 79.9. The number of hydrogen-bond donors (Lipinski definition) is 2. The van der Waals surface area contributed by atoms with Crippen LogP contribution in [0.2, 0.25) is 0 Å². The summed E-state index contributed by atoms with van der Waals surface area (Å²) in [5.41, 5.74) is 0.446. The lowest BCUT2D eigenvalue weighted by Gasteiger charge is -2.10. The minimum atomic E-state index is -0.865. The predicted octanol–water partition coefficient (Wildman–Crippen LogP) is 1.68. The molecule has 17 heavy (non-hydrogen) atoms. The number of pyridine rings is 1. The molecule has 1 atom stereocenters. The number of amides is 1. The van der Waals surface area contributed by atoms with Gasteiger partial charge in [0.05, 0.1) is 5.56 Å². The van der Waals surface area contributed by atoms with Gasteiger partial charge in [-0.1, -0.05) is 6.92 Å². The van der Waals surface area contributed by atoms with Gasteiger partial charge in [0.2, 0.25) is 0 Å². The van der Waals surface area contributed by atoms with E-state index in [9.17, 15) is 9.59 Å². The summed E-state index contributed by atoms with van der Waals surface area (Å²) in [7, 11) is 0. The summed E-state index contributed by atoms with van der Waals surface area (Å²) in [5, 5.41) is 11.2. The van der Waals surface area contributed by atoms with Gasteiger partial charge >= 0.3 is 5.97 Å². The number of carboxylic acid groups (broad SMARTS) is 1. The van der Waals surface area contributed by atoms with Crippen molar-refractivity contribution >= 4 is 27.8 Å². The van der Waals surface area contributed by atoms with Crippen molar-refractivity contribution in [2.75, 3.05) is 6.54 Å². The summed E-state index contributed by atoms with van der Waals surface area (Å²) in [5.74, 6) is -1.22. The summed E-state index contributed by atoms with van der Waals surface area (Å²) in [6, 6.07) is 1.66. The first-order valence-electron chi connectivity index (χ1n) is 5.09. The maximum Gasteiger partial charge on any atom is 0.303 e. The molecule has 1 aromatic heterocycles. The van der Waals surface area contributed by atoms with E-state index in [1.54, 1.807) is 19.2 Å². The number of nitrogens with zero attached hydrogens (tertiary/aromatic N) is 1. The van der Waals surface area contributed by atoms with Crippen LogP contribution in [0.1, 0.15) is 23.7 Å². The first-order valence-corrected chi connectivity index (χ1v) is 5.89. The molecule has 5 nitrogen and oxygen atoms in total. The second kappa shape index (κ2) is 6.34. The number of carbonyl (C=O) groups is 2. The fourth-order valence-electron chi connectivity index (χ4n) is 1.28. The van der Waals surface area contributed by atoms with Gasteiger partial charge in [-0.25, -0.2) is 0 Å². The average molecular weight is 301 g/mol. The van der Waals surface area contributed by atoms with Gasteiger partial charge in [-0.3, -0.25) is 14.6 Å². The summed E-state index contributed by atoms with van der Waals surface area (Å²) >= 11 is 3.22. The van der Waals surface area contributed by atoms with Gasteiger partial charge in [-0.15, -0.1) is 0 Å². The smallest absolute Gasteiger partial charge is 0.303 e.